The zero-order valence-electron chi connectivity index (χ0n) is 18.1. The molecule has 0 radical (unpaired) electrons. The van der Waals surface area contributed by atoms with Crippen LogP contribution < -0.4 is 10.6 Å². The molecule has 2 aromatic rings. The fourth-order valence-corrected chi connectivity index (χ4v) is 3.98. The first kappa shape index (κ1) is 22.5. The molecular weight excluding hydrogens is 397 g/mol. The van der Waals surface area contributed by atoms with Gasteiger partial charge in [0.05, 0.1) is 0 Å². The molecule has 1 aliphatic heterocycles. The van der Waals surface area contributed by atoms with Crippen molar-refractivity contribution in [1.29, 1.82) is 0 Å². The lowest BCUT2D eigenvalue weighted by Crippen LogP contribution is -2.44. The smallest absolute Gasteiger partial charge is 0.324 e. The van der Waals surface area contributed by atoms with Gasteiger partial charge in [-0.05, 0) is 48.6 Å². The predicted octanol–water partition coefficient (Wildman–Crippen LogP) is 4.27. The lowest BCUT2D eigenvalue weighted by Gasteiger charge is -2.27. The minimum Gasteiger partial charge on any atom is -0.324 e. The number of nitrogens with one attached hydrogen (secondary N) is 2. The summed E-state index contributed by atoms with van der Waals surface area (Å²) in [5.41, 5.74) is 1.81. The third-order valence-electron chi connectivity index (χ3n) is 5.72. The van der Waals surface area contributed by atoms with Crippen molar-refractivity contribution in [3.8, 4) is 0 Å². The molecule has 4 amide bonds. The summed E-state index contributed by atoms with van der Waals surface area (Å²) >= 11 is 0. The van der Waals surface area contributed by atoms with E-state index in [1.54, 1.807) is 0 Å². The van der Waals surface area contributed by atoms with Crippen molar-refractivity contribution < 1.29 is 18.8 Å². The Hall–Kier alpha value is -3.22. The average molecular weight is 426 g/mol. The summed E-state index contributed by atoms with van der Waals surface area (Å²) in [6.07, 6.45) is 2.62. The van der Waals surface area contributed by atoms with Gasteiger partial charge in [0.2, 0.25) is 5.91 Å². The fraction of sp³-hybridized carbons (Fsp3) is 0.375. The molecule has 3 rings (SSSR count). The number of anilines is 1. The van der Waals surface area contributed by atoms with E-state index in [2.05, 4.69) is 10.6 Å². The summed E-state index contributed by atoms with van der Waals surface area (Å²) in [6, 6.07) is 10.7. The van der Waals surface area contributed by atoms with Gasteiger partial charge in [0, 0.05) is 5.69 Å². The van der Waals surface area contributed by atoms with E-state index in [0.717, 1.165) is 28.9 Å². The molecule has 1 aliphatic rings. The summed E-state index contributed by atoms with van der Waals surface area (Å²) in [7, 11) is 0. The Morgan fingerprint density at radius 2 is 1.84 bits per heavy atom. The van der Waals surface area contributed by atoms with E-state index in [1.165, 1.54) is 24.3 Å². The van der Waals surface area contributed by atoms with Crippen LogP contribution in [0.3, 0.4) is 0 Å². The average Bonchev–Trinajstić information content (AvgIpc) is 2.99. The topological polar surface area (TPSA) is 78.5 Å². The Balaban J connectivity index is 1.84. The van der Waals surface area contributed by atoms with Crippen molar-refractivity contribution in [1.82, 2.24) is 10.2 Å². The minimum atomic E-state index is -1.29. The van der Waals surface area contributed by atoms with Gasteiger partial charge in [-0.3, -0.25) is 14.5 Å². The van der Waals surface area contributed by atoms with E-state index >= 15 is 0 Å². The quantitative estimate of drug-likeness (QED) is 0.620. The number of amides is 4. The summed E-state index contributed by atoms with van der Waals surface area (Å²) in [5.74, 6) is -1.36. The lowest BCUT2D eigenvalue weighted by atomic mass is 9.85. The molecule has 2 N–H and O–H groups in total. The van der Waals surface area contributed by atoms with Crippen LogP contribution in [0.2, 0.25) is 0 Å². The van der Waals surface area contributed by atoms with E-state index in [4.69, 9.17) is 0 Å². The number of halogens is 1. The van der Waals surface area contributed by atoms with E-state index < -0.39 is 35.7 Å². The molecule has 164 valence electrons. The van der Waals surface area contributed by atoms with Crippen molar-refractivity contribution in [2.24, 2.45) is 0 Å². The first-order valence-electron chi connectivity index (χ1n) is 10.6. The summed E-state index contributed by atoms with van der Waals surface area (Å²) in [5, 5.41) is 5.63. The molecule has 0 aliphatic carbocycles. The number of nitrogens with zero attached hydrogens (tertiary/aromatic N) is 1. The number of hydrogen-bond acceptors (Lipinski definition) is 3. The number of carbonyl (C=O) groups is 3. The van der Waals surface area contributed by atoms with Gasteiger partial charge in [-0.25, -0.2) is 9.18 Å². The van der Waals surface area contributed by atoms with Gasteiger partial charge >= 0.3 is 6.03 Å². The highest BCUT2D eigenvalue weighted by Crippen LogP contribution is 2.34. The number of urea groups is 1. The van der Waals surface area contributed by atoms with Crippen LogP contribution in [0.15, 0.2) is 42.5 Å². The number of hydrogen-bond donors (Lipinski definition) is 2. The third-order valence-corrected chi connectivity index (χ3v) is 5.72. The van der Waals surface area contributed by atoms with E-state index in [-0.39, 0.29) is 0 Å². The molecule has 0 spiro atoms. The number of benzene rings is 2. The molecule has 1 fully saturated rings. The molecule has 1 saturated heterocycles. The number of unbranched alkanes of at least 4 members (excludes halogenated alkanes) is 1. The molecule has 6 nitrogen and oxygen atoms in total. The predicted molar refractivity (Wildman–Crippen MR) is 117 cm³/mol. The standard InChI is InChI=1S/C24H28FN3O3/c1-4-6-14-24(18-10-12-19(25)13-11-18)22(30)28(23(31)27-24)15-20(29)26-21-16(3)8-7-9-17(21)5-2/h7-13H,4-6,14-15H2,1-3H3,(H,26,29)(H,27,31)/t24-/m0/s1. The van der Waals surface area contributed by atoms with Gasteiger partial charge < -0.3 is 10.6 Å². The summed E-state index contributed by atoms with van der Waals surface area (Å²) < 4.78 is 13.4. The first-order valence-corrected chi connectivity index (χ1v) is 10.6. The van der Waals surface area contributed by atoms with Crippen LogP contribution in [0.25, 0.3) is 0 Å². The normalized spacial score (nSPS) is 18.3. The Bertz CT molecular complexity index is 990. The number of rotatable bonds is 8. The number of aryl methyl sites for hydroxylation is 2. The number of imide groups is 1. The molecule has 0 aromatic heterocycles. The molecule has 0 saturated carbocycles. The second-order valence-electron chi connectivity index (χ2n) is 7.85. The van der Waals surface area contributed by atoms with E-state index in [9.17, 15) is 18.8 Å². The van der Waals surface area contributed by atoms with Gasteiger partial charge in [0.25, 0.3) is 5.91 Å². The number of carbonyl (C=O) groups excluding carboxylic acids is 3. The first-order chi connectivity index (χ1) is 14.8. The summed E-state index contributed by atoms with van der Waals surface area (Å²) in [6.45, 7) is 5.48. The van der Waals surface area contributed by atoms with Gasteiger partial charge in [-0.15, -0.1) is 0 Å². The molecule has 7 heteroatoms. The highest BCUT2D eigenvalue weighted by Gasteiger charge is 2.52. The van der Waals surface area contributed by atoms with E-state index in [0.29, 0.717) is 24.1 Å². The fourth-order valence-electron chi connectivity index (χ4n) is 3.98. The van der Waals surface area contributed by atoms with Gasteiger partial charge in [0.15, 0.2) is 0 Å². The second-order valence-corrected chi connectivity index (χ2v) is 7.85. The summed E-state index contributed by atoms with van der Waals surface area (Å²) in [4.78, 5) is 39.8. The van der Waals surface area contributed by atoms with Crippen LogP contribution in [-0.4, -0.2) is 29.3 Å². The molecule has 0 bridgehead atoms. The van der Waals surface area contributed by atoms with Crippen LogP contribution in [0, 0.1) is 12.7 Å². The van der Waals surface area contributed by atoms with Gasteiger partial charge in [0.1, 0.15) is 17.9 Å². The zero-order chi connectivity index (χ0) is 22.6. The zero-order valence-corrected chi connectivity index (χ0v) is 18.1. The van der Waals surface area contributed by atoms with Crippen molar-refractivity contribution in [3.63, 3.8) is 0 Å². The molecule has 31 heavy (non-hydrogen) atoms. The third kappa shape index (κ3) is 4.45. The largest absolute Gasteiger partial charge is 0.325 e. The van der Waals surface area contributed by atoms with Crippen LogP contribution in [0.1, 0.15) is 49.8 Å². The van der Waals surface area contributed by atoms with Crippen LogP contribution in [0.5, 0.6) is 0 Å². The van der Waals surface area contributed by atoms with Crippen LogP contribution >= 0.6 is 0 Å². The Labute approximate surface area is 181 Å². The molecular formula is C24H28FN3O3. The lowest BCUT2D eigenvalue weighted by molar-refractivity contribution is -0.134. The van der Waals surface area contributed by atoms with Crippen LogP contribution in [-0.2, 0) is 21.5 Å². The highest BCUT2D eigenvalue weighted by atomic mass is 19.1. The maximum Gasteiger partial charge on any atom is 0.325 e. The van der Waals surface area contributed by atoms with Crippen molar-refractivity contribution in [2.45, 2.75) is 52.0 Å². The Morgan fingerprint density at radius 3 is 2.48 bits per heavy atom. The second kappa shape index (κ2) is 9.29. The Kier molecular flexibility index (Phi) is 6.73. The van der Waals surface area contributed by atoms with Crippen molar-refractivity contribution in [2.75, 3.05) is 11.9 Å². The van der Waals surface area contributed by atoms with Gasteiger partial charge in [-0.1, -0.05) is 57.0 Å². The minimum absolute atomic E-state index is 0.371. The maximum atomic E-state index is 13.4. The molecule has 1 atom stereocenters. The monoisotopic (exact) mass is 425 g/mol. The van der Waals surface area contributed by atoms with Gasteiger partial charge in [-0.2, -0.15) is 0 Å². The molecule has 2 aromatic carbocycles. The Morgan fingerprint density at radius 1 is 1.13 bits per heavy atom. The highest BCUT2D eigenvalue weighted by molar-refractivity contribution is 6.10. The van der Waals surface area contributed by atoms with E-state index in [1.807, 2.05) is 39.0 Å². The van der Waals surface area contributed by atoms with Crippen molar-refractivity contribution >= 4 is 23.5 Å². The molecule has 0 unspecified atom stereocenters. The van der Waals surface area contributed by atoms with Crippen LogP contribution in [0.4, 0.5) is 14.9 Å². The maximum absolute atomic E-state index is 13.4. The van der Waals surface area contributed by atoms with Crippen molar-refractivity contribution in [3.05, 3.63) is 65.0 Å². The molecule has 1 heterocycles. The number of para-hydroxylation sites is 1. The SMILES string of the molecule is CCCC[C@@]1(c2ccc(F)cc2)NC(=O)N(CC(=O)Nc2c(C)cccc2CC)C1=O.